The van der Waals surface area contributed by atoms with Crippen LogP contribution in [0.25, 0.3) is 22.5 Å². The number of hydrogen-bond donors (Lipinski definition) is 0. The topological polar surface area (TPSA) is 81.9 Å². The molecule has 5 rings (SSSR count). The number of aromatic nitrogens is 1. The number of rotatable bonds is 7. The normalized spacial score (nSPS) is 18.6. The van der Waals surface area contributed by atoms with Crippen molar-refractivity contribution in [2.45, 2.75) is 51.6 Å². The third-order valence-corrected chi connectivity index (χ3v) is 6.86. The van der Waals surface area contributed by atoms with Crippen LogP contribution in [0.15, 0.2) is 53.1 Å². The Balaban J connectivity index is 1.35. The van der Waals surface area contributed by atoms with Crippen LogP contribution in [-0.4, -0.2) is 41.4 Å². The minimum Gasteiger partial charge on any atom is -0.465 e. The van der Waals surface area contributed by atoms with Gasteiger partial charge in [-0.05, 0) is 50.3 Å². The summed E-state index contributed by atoms with van der Waals surface area (Å²) in [5.74, 6) is 0.540. The van der Waals surface area contributed by atoms with E-state index in [0.717, 1.165) is 46.4 Å². The summed E-state index contributed by atoms with van der Waals surface area (Å²) in [6.45, 7) is 6.88. The first-order chi connectivity index (χ1) is 16.4. The molecule has 2 aromatic carbocycles. The molecule has 1 aliphatic heterocycles. The molecule has 34 heavy (non-hydrogen) atoms. The molecule has 2 fully saturated rings. The van der Waals surface area contributed by atoms with Crippen LogP contribution in [0.4, 0.5) is 4.79 Å². The Morgan fingerprint density at radius 1 is 1.09 bits per heavy atom. The lowest BCUT2D eigenvalue weighted by atomic mass is 9.93. The fourth-order valence-electron chi connectivity index (χ4n) is 4.54. The molecule has 3 aromatic rings. The smallest absolute Gasteiger partial charge is 0.410 e. The van der Waals surface area contributed by atoms with Crippen molar-refractivity contribution in [3.8, 4) is 22.5 Å². The van der Waals surface area contributed by atoms with Crippen molar-refractivity contribution in [3.63, 3.8) is 0 Å². The number of aryl methyl sites for hydroxylation is 1. The fourth-order valence-corrected chi connectivity index (χ4v) is 4.54. The Kier molecular flexibility index (Phi) is 5.63. The second-order valence-corrected chi connectivity index (χ2v) is 9.09. The van der Waals surface area contributed by atoms with E-state index in [9.17, 15) is 9.59 Å². The van der Waals surface area contributed by atoms with Gasteiger partial charge in [-0.2, -0.15) is 0 Å². The summed E-state index contributed by atoms with van der Waals surface area (Å²) in [6, 6.07) is 16.2. The SMILES string of the molecule is CCOC(=O)C1(c2ccc(-c3ccc(-c4onc(C)c4CN4C(=O)OCC4C)cc3)cc2)CC1. The fraction of sp³-hybridized carbons (Fsp3) is 0.370. The summed E-state index contributed by atoms with van der Waals surface area (Å²) in [6.07, 6.45) is 1.37. The van der Waals surface area contributed by atoms with Crippen LogP contribution < -0.4 is 0 Å². The van der Waals surface area contributed by atoms with Crippen LogP contribution in [0.1, 0.15) is 43.5 Å². The van der Waals surface area contributed by atoms with Crippen molar-refractivity contribution in [2.24, 2.45) is 0 Å². The summed E-state index contributed by atoms with van der Waals surface area (Å²) < 4.78 is 16.1. The van der Waals surface area contributed by atoms with Crippen molar-refractivity contribution in [1.82, 2.24) is 10.1 Å². The predicted octanol–water partition coefficient (Wildman–Crippen LogP) is 5.25. The van der Waals surface area contributed by atoms with Gasteiger partial charge in [-0.15, -0.1) is 0 Å². The van der Waals surface area contributed by atoms with Crippen molar-refractivity contribution in [1.29, 1.82) is 0 Å². The van der Waals surface area contributed by atoms with Gasteiger partial charge in [0.1, 0.15) is 6.61 Å². The molecule has 1 saturated heterocycles. The Hall–Kier alpha value is -3.61. The molecule has 176 valence electrons. The molecule has 2 aliphatic rings. The largest absolute Gasteiger partial charge is 0.465 e. The van der Waals surface area contributed by atoms with E-state index in [1.807, 2.05) is 69.3 Å². The van der Waals surface area contributed by atoms with Gasteiger partial charge in [0, 0.05) is 11.1 Å². The van der Waals surface area contributed by atoms with Gasteiger partial charge in [-0.1, -0.05) is 53.7 Å². The molecule has 1 atom stereocenters. The van der Waals surface area contributed by atoms with Gasteiger partial charge in [0.25, 0.3) is 0 Å². The average molecular weight is 461 g/mol. The number of cyclic esters (lactones) is 1. The number of ether oxygens (including phenoxy) is 2. The quantitative estimate of drug-likeness (QED) is 0.448. The van der Waals surface area contributed by atoms with Gasteiger partial charge >= 0.3 is 12.1 Å². The van der Waals surface area contributed by atoms with Crippen molar-refractivity contribution < 1.29 is 23.6 Å². The zero-order chi connectivity index (χ0) is 23.9. The lowest BCUT2D eigenvalue weighted by Crippen LogP contribution is -2.30. The molecule has 1 amide bonds. The van der Waals surface area contributed by atoms with E-state index in [4.69, 9.17) is 14.0 Å². The molecule has 1 aliphatic carbocycles. The van der Waals surface area contributed by atoms with E-state index >= 15 is 0 Å². The van der Waals surface area contributed by atoms with Crippen molar-refractivity contribution in [2.75, 3.05) is 13.2 Å². The van der Waals surface area contributed by atoms with Gasteiger partial charge in [0.05, 0.1) is 30.3 Å². The Labute approximate surface area is 198 Å². The minimum absolute atomic E-state index is 0.0126. The third-order valence-electron chi connectivity index (χ3n) is 6.86. The summed E-state index contributed by atoms with van der Waals surface area (Å²) >= 11 is 0. The lowest BCUT2D eigenvalue weighted by Gasteiger charge is -2.17. The first-order valence-electron chi connectivity index (χ1n) is 11.7. The highest BCUT2D eigenvalue weighted by Gasteiger charge is 2.52. The highest BCUT2D eigenvalue weighted by atomic mass is 16.6. The maximum absolute atomic E-state index is 12.4. The van der Waals surface area contributed by atoms with Crippen LogP contribution in [0.5, 0.6) is 0 Å². The average Bonchev–Trinajstić information content (AvgIpc) is 3.51. The molecule has 2 heterocycles. The van der Waals surface area contributed by atoms with Crippen LogP contribution >= 0.6 is 0 Å². The molecule has 7 heteroatoms. The maximum Gasteiger partial charge on any atom is 0.410 e. The van der Waals surface area contributed by atoms with Crippen molar-refractivity contribution in [3.05, 3.63) is 65.4 Å². The van der Waals surface area contributed by atoms with Crippen LogP contribution in [0, 0.1) is 6.92 Å². The molecular weight excluding hydrogens is 432 g/mol. The number of amides is 1. The van der Waals surface area contributed by atoms with Crippen LogP contribution in [-0.2, 0) is 26.2 Å². The minimum atomic E-state index is -0.460. The van der Waals surface area contributed by atoms with Gasteiger partial charge < -0.3 is 14.0 Å². The lowest BCUT2D eigenvalue weighted by molar-refractivity contribution is -0.146. The summed E-state index contributed by atoms with van der Waals surface area (Å²) in [4.78, 5) is 26.1. The molecule has 7 nitrogen and oxygen atoms in total. The monoisotopic (exact) mass is 460 g/mol. The van der Waals surface area contributed by atoms with Gasteiger partial charge in [-0.25, -0.2) is 4.79 Å². The zero-order valence-corrected chi connectivity index (χ0v) is 19.7. The number of carbonyl (C=O) groups excluding carboxylic acids is 2. The van der Waals surface area contributed by atoms with Gasteiger partial charge in [-0.3, -0.25) is 9.69 Å². The summed E-state index contributed by atoms with van der Waals surface area (Å²) in [5, 5.41) is 4.14. The van der Waals surface area contributed by atoms with Crippen molar-refractivity contribution >= 4 is 12.1 Å². The number of carbonyl (C=O) groups is 2. The van der Waals surface area contributed by atoms with Crippen LogP contribution in [0.2, 0.25) is 0 Å². The highest BCUT2D eigenvalue weighted by molar-refractivity contribution is 5.87. The molecule has 0 radical (unpaired) electrons. The van der Waals surface area contributed by atoms with E-state index in [0.29, 0.717) is 25.5 Å². The number of hydrogen-bond acceptors (Lipinski definition) is 6. The molecule has 1 aromatic heterocycles. The standard InChI is InChI=1S/C27H28N2O5/c1-4-32-25(30)27(13-14-27)22-11-9-20(10-12-22)19-5-7-21(8-6-19)24-23(18(3)28-34-24)15-29-17(2)16-33-26(29)31/h5-12,17H,4,13-16H2,1-3H3. The summed E-state index contributed by atoms with van der Waals surface area (Å²) in [5.41, 5.74) is 5.23. The van der Waals surface area contributed by atoms with Gasteiger partial charge in [0.2, 0.25) is 0 Å². The third kappa shape index (κ3) is 3.85. The number of benzene rings is 2. The van der Waals surface area contributed by atoms with E-state index in [1.54, 1.807) is 4.90 Å². The number of esters is 1. The van der Waals surface area contributed by atoms with E-state index < -0.39 is 5.41 Å². The highest BCUT2D eigenvalue weighted by Crippen LogP contribution is 2.49. The van der Waals surface area contributed by atoms with E-state index in [2.05, 4.69) is 5.16 Å². The Morgan fingerprint density at radius 3 is 2.26 bits per heavy atom. The molecule has 0 spiro atoms. The van der Waals surface area contributed by atoms with Gasteiger partial charge in [0.15, 0.2) is 5.76 Å². The van der Waals surface area contributed by atoms with Crippen LogP contribution in [0.3, 0.4) is 0 Å². The molecule has 1 unspecified atom stereocenters. The maximum atomic E-state index is 12.4. The second-order valence-electron chi connectivity index (χ2n) is 9.09. The summed E-state index contributed by atoms with van der Waals surface area (Å²) in [7, 11) is 0. The second kappa shape index (κ2) is 8.63. The first kappa shape index (κ1) is 22.2. The van der Waals surface area contributed by atoms with E-state index in [1.165, 1.54) is 0 Å². The molecular formula is C27H28N2O5. The molecule has 1 saturated carbocycles. The number of nitrogens with zero attached hydrogens (tertiary/aromatic N) is 2. The first-order valence-corrected chi connectivity index (χ1v) is 11.7. The predicted molar refractivity (Wildman–Crippen MR) is 126 cm³/mol. The van der Waals surface area contributed by atoms with E-state index in [-0.39, 0.29) is 18.1 Å². The Morgan fingerprint density at radius 2 is 1.71 bits per heavy atom. The Bertz CT molecular complexity index is 1210. The molecule has 0 bridgehead atoms. The zero-order valence-electron chi connectivity index (χ0n) is 19.7. The molecule has 0 N–H and O–H groups in total.